The Balaban J connectivity index is 2.36. The molecule has 0 unspecified atom stereocenters. The first-order chi connectivity index (χ1) is 8.35. The van der Waals surface area contributed by atoms with Gasteiger partial charge < -0.3 is 4.74 Å². The van der Waals surface area contributed by atoms with Crippen molar-refractivity contribution < 1.29 is 9.53 Å². The predicted molar refractivity (Wildman–Crippen MR) is 81.8 cm³/mol. The minimum absolute atomic E-state index is 0.275. The van der Waals surface area contributed by atoms with Gasteiger partial charge in [0.2, 0.25) is 0 Å². The summed E-state index contributed by atoms with van der Waals surface area (Å²) in [6.07, 6.45) is 0. The molecule has 0 heterocycles. The van der Waals surface area contributed by atoms with Gasteiger partial charge in [0.25, 0.3) is 0 Å². The highest BCUT2D eigenvalue weighted by molar-refractivity contribution is 14.1. The lowest BCUT2D eigenvalue weighted by Gasteiger charge is -2.19. The number of carbonyl (C=O) groups is 1. The summed E-state index contributed by atoms with van der Waals surface area (Å²) in [5.74, 6) is -0.275. The second kappa shape index (κ2) is 4.88. The fraction of sp³-hybridized carbons (Fsp3) is 0.267. The molecular weight excluding hydrogens is 339 g/mol. The van der Waals surface area contributed by atoms with Crippen molar-refractivity contribution in [2.45, 2.75) is 26.4 Å². The first-order valence-electron chi connectivity index (χ1n) is 5.78. The Kier molecular flexibility index (Phi) is 3.61. The quantitative estimate of drug-likeness (QED) is 0.561. The summed E-state index contributed by atoms with van der Waals surface area (Å²) in [5.41, 5.74) is 0.136. The number of rotatable bonds is 1. The van der Waals surface area contributed by atoms with Crippen LogP contribution in [0.4, 0.5) is 0 Å². The Morgan fingerprint density at radius 2 is 1.67 bits per heavy atom. The topological polar surface area (TPSA) is 26.3 Å². The number of fused-ring (bicyclic) bond motifs is 1. The molecule has 0 radical (unpaired) electrons. The minimum atomic E-state index is -0.460. The highest BCUT2D eigenvalue weighted by Gasteiger charge is 2.17. The predicted octanol–water partition coefficient (Wildman–Crippen LogP) is 4.40. The van der Waals surface area contributed by atoms with Gasteiger partial charge in [0.1, 0.15) is 5.60 Å². The van der Waals surface area contributed by atoms with E-state index in [9.17, 15) is 4.79 Å². The summed E-state index contributed by atoms with van der Waals surface area (Å²) in [6.45, 7) is 5.61. The van der Waals surface area contributed by atoms with E-state index >= 15 is 0 Å². The van der Waals surface area contributed by atoms with Crippen LogP contribution in [0.3, 0.4) is 0 Å². The molecule has 0 aliphatic heterocycles. The summed E-state index contributed by atoms with van der Waals surface area (Å²) >= 11 is 2.28. The van der Waals surface area contributed by atoms with Crippen molar-refractivity contribution in [3.8, 4) is 0 Å². The van der Waals surface area contributed by atoms with Crippen LogP contribution in [0.2, 0.25) is 0 Å². The second-order valence-electron chi connectivity index (χ2n) is 5.21. The third-order valence-corrected chi connectivity index (χ3v) is 3.11. The highest BCUT2D eigenvalue weighted by Crippen LogP contribution is 2.20. The SMILES string of the molecule is CC(C)(C)OC(=O)c1ccc2cc(I)ccc2c1. The third-order valence-electron chi connectivity index (χ3n) is 2.44. The molecule has 2 aromatic carbocycles. The maximum atomic E-state index is 11.9. The standard InChI is InChI=1S/C15H15IO2/c1-15(2,3)18-14(17)12-5-4-11-9-13(16)7-6-10(11)8-12/h4-9H,1-3H3. The van der Waals surface area contributed by atoms with E-state index in [-0.39, 0.29) is 5.97 Å². The Hall–Kier alpha value is -1.10. The molecule has 0 aliphatic rings. The number of ether oxygens (including phenoxy) is 1. The van der Waals surface area contributed by atoms with E-state index in [1.807, 2.05) is 51.1 Å². The van der Waals surface area contributed by atoms with Crippen LogP contribution in [0, 0.1) is 3.57 Å². The summed E-state index contributed by atoms with van der Waals surface area (Å²) in [5, 5.41) is 2.19. The average molecular weight is 354 g/mol. The largest absolute Gasteiger partial charge is 0.456 e. The van der Waals surface area contributed by atoms with Crippen LogP contribution in [0.1, 0.15) is 31.1 Å². The van der Waals surface area contributed by atoms with Gasteiger partial charge in [-0.2, -0.15) is 0 Å². The average Bonchev–Trinajstić information content (AvgIpc) is 2.26. The van der Waals surface area contributed by atoms with Gasteiger partial charge in [-0.15, -0.1) is 0 Å². The van der Waals surface area contributed by atoms with Crippen LogP contribution < -0.4 is 0 Å². The van der Waals surface area contributed by atoms with E-state index in [0.29, 0.717) is 5.56 Å². The number of esters is 1. The Morgan fingerprint density at radius 3 is 2.33 bits per heavy atom. The smallest absolute Gasteiger partial charge is 0.338 e. The van der Waals surface area contributed by atoms with Crippen molar-refractivity contribution in [3.05, 3.63) is 45.5 Å². The number of hydrogen-bond acceptors (Lipinski definition) is 2. The maximum absolute atomic E-state index is 11.9. The summed E-state index contributed by atoms with van der Waals surface area (Å²) in [6, 6.07) is 11.8. The van der Waals surface area contributed by atoms with Gasteiger partial charge in [-0.3, -0.25) is 0 Å². The maximum Gasteiger partial charge on any atom is 0.338 e. The lowest BCUT2D eigenvalue weighted by Crippen LogP contribution is -2.23. The van der Waals surface area contributed by atoms with Crippen LogP contribution >= 0.6 is 22.6 Å². The zero-order valence-corrected chi connectivity index (χ0v) is 12.8. The number of carbonyl (C=O) groups excluding carboxylic acids is 1. The number of benzene rings is 2. The Bertz CT molecular complexity index is 597. The molecule has 3 heteroatoms. The third kappa shape index (κ3) is 3.22. The van der Waals surface area contributed by atoms with E-state index in [1.165, 1.54) is 3.57 Å². The van der Waals surface area contributed by atoms with Gasteiger partial charge >= 0.3 is 5.97 Å². The normalized spacial score (nSPS) is 11.6. The molecule has 0 aromatic heterocycles. The van der Waals surface area contributed by atoms with Gasteiger partial charge in [-0.05, 0) is 78.4 Å². The summed E-state index contributed by atoms with van der Waals surface area (Å²) in [7, 11) is 0. The summed E-state index contributed by atoms with van der Waals surface area (Å²) < 4.78 is 6.54. The zero-order valence-electron chi connectivity index (χ0n) is 10.7. The van der Waals surface area contributed by atoms with Crippen molar-refractivity contribution in [3.63, 3.8) is 0 Å². The summed E-state index contributed by atoms with van der Waals surface area (Å²) in [4.78, 5) is 11.9. The molecular formula is C15H15IO2. The van der Waals surface area contributed by atoms with E-state index in [1.54, 1.807) is 0 Å². The molecule has 94 valence electrons. The van der Waals surface area contributed by atoms with E-state index in [4.69, 9.17) is 4.74 Å². The Morgan fingerprint density at radius 1 is 1.06 bits per heavy atom. The van der Waals surface area contributed by atoms with Crippen LogP contribution in [0.15, 0.2) is 36.4 Å². The van der Waals surface area contributed by atoms with Crippen molar-refractivity contribution in [1.82, 2.24) is 0 Å². The Labute approximate surface area is 120 Å². The van der Waals surface area contributed by atoms with Gasteiger partial charge in [-0.1, -0.05) is 12.1 Å². The molecule has 2 nitrogen and oxygen atoms in total. The monoisotopic (exact) mass is 354 g/mol. The molecule has 0 atom stereocenters. The molecule has 0 spiro atoms. The van der Waals surface area contributed by atoms with Gasteiger partial charge in [0.05, 0.1) is 5.56 Å². The van der Waals surface area contributed by atoms with Gasteiger partial charge in [0, 0.05) is 3.57 Å². The molecule has 2 aromatic rings. The molecule has 18 heavy (non-hydrogen) atoms. The van der Waals surface area contributed by atoms with Gasteiger partial charge in [0.15, 0.2) is 0 Å². The lowest BCUT2D eigenvalue weighted by molar-refractivity contribution is 0.00697. The van der Waals surface area contributed by atoms with Crippen molar-refractivity contribution in [1.29, 1.82) is 0 Å². The zero-order chi connectivity index (χ0) is 13.3. The number of halogens is 1. The molecule has 0 bridgehead atoms. The number of hydrogen-bond donors (Lipinski definition) is 0. The van der Waals surface area contributed by atoms with Crippen LogP contribution in [0.25, 0.3) is 10.8 Å². The van der Waals surface area contributed by atoms with Gasteiger partial charge in [-0.25, -0.2) is 4.79 Å². The molecule has 2 rings (SSSR count). The van der Waals surface area contributed by atoms with E-state index in [0.717, 1.165) is 10.8 Å². The van der Waals surface area contributed by atoms with Crippen LogP contribution in [-0.4, -0.2) is 11.6 Å². The molecule has 0 saturated heterocycles. The minimum Gasteiger partial charge on any atom is -0.456 e. The molecule has 0 amide bonds. The van der Waals surface area contributed by atoms with Crippen LogP contribution in [-0.2, 0) is 4.74 Å². The molecule has 0 fully saturated rings. The van der Waals surface area contributed by atoms with Crippen molar-refractivity contribution in [2.24, 2.45) is 0 Å². The lowest BCUT2D eigenvalue weighted by atomic mass is 10.1. The molecule has 0 saturated carbocycles. The first-order valence-corrected chi connectivity index (χ1v) is 6.86. The highest BCUT2D eigenvalue weighted by atomic mass is 127. The van der Waals surface area contributed by atoms with E-state index in [2.05, 4.69) is 28.7 Å². The molecule has 0 aliphatic carbocycles. The van der Waals surface area contributed by atoms with Crippen molar-refractivity contribution >= 4 is 39.3 Å². The first kappa shape index (κ1) is 13.3. The fourth-order valence-corrected chi connectivity index (χ4v) is 2.20. The second-order valence-corrected chi connectivity index (χ2v) is 6.45. The fourth-order valence-electron chi connectivity index (χ4n) is 1.68. The van der Waals surface area contributed by atoms with E-state index < -0.39 is 5.60 Å². The molecule has 0 N–H and O–H groups in total. The van der Waals surface area contributed by atoms with Crippen molar-refractivity contribution in [2.75, 3.05) is 0 Å². The van der Waals surface area contributed by atoms with Crippen LogP contribution in [0.5, 0.6) is 0 Å².